The summed E-state index contributed by atoms with van der Waals surface area (Å²) in [6.07, 6.45) is 4.95. The Bertz CT molecular complexity index is 488. The molecule has 5 heteroatoms. The molecule has 1 atom stereocenters. The van der Waals surface area contributed by atoms with Crippen LogP contribution in [0.15, 0.2) is 45.7 Å². The van der Waals surface area contributed by atoms with Gasteiger partial charge in [0.15, 0.2) is 0 Å². The highest BCUT2D eigenvalue weighted by Crippen LogP contribution is 2.28. The number of hydrogen-bond donors (Lipinski definition) is 1. The van der Waals surface area contributed by atoms with Crippen LogP contribution in [0.4, 0.5) is 0 Å². The molecule has 3 nitrogen and oxygen atoms in total. The summed E-state index contributed by atoms with van der Waals surface area (Å²) in [5.41, 5.74) is 7.87. The van der Waals surface area contributed by atoms with Gasteiger partial charge in [-0.3, -0.25) is 9.97 Å². The van der Waals surface area contributed by atoms with Crippen molar-refractivity contribution in [2.24, 2.45) is 5.73 Å². The Balaban J connectivity index is 2.41. The lowest BCUT2D eigenvalue weighted by Crippen LogP contribution is -2.14. The average Bonchev–Trinajstić information content (AvgIpc) is 2.32. The first-order chi connectivity index (χ1) is 7.68. The first-order valence-corrected chi connectivity index (χ1v) is 6.23. The Hall–Kier alpha value is -0.780. The van der Waals surface area contributed by atoms with Crippen LogP contribution in [0.3, 0.4) is 0 Å². The molecule has 0 bridgehead atoms. The predicted molar refractivity (Wildman–Crippen MR) is 69.9 cm³/mol. The molecule has 2 rings (SSSR count). The Morgan fingerprint density at radius 2 is 2.00 bits per heavy atom. The zero-order chi connectivity index (χ0) is 11.5. The number of rotatable bonds is 2. The summed E-state index contributed by atoms with van der Waals surface area (Å²) in [5.74, 6) is 0. The molecule has 1 aromatic carbocycles. The van der Waals surface area contributed by atoms with E-state index in [4.69, 9.17) is 5.73 Å². The summed E-state index contributed by atoms with van der Waals surface area (Å²) in [4.78, 5) is 8.22. The molecular formula is C11H9Br2N3. The van der Waals surface area contributed by atoms with Gasteiger partial charge < -0.3 is 5.73 Å². The molecule has 2 N–H and O–H groups in total. The minimum absolute atomic E-state index is 0.277. The van der Waals surface area contributed by atoms with Crippen LogP contribution in [0.25, 0.3) is 0 Å². The average molecular weight is 343 g/mol. The molecule has 1 unspecified atom stereocenters. The van der Waals surface area contributed by atoms with Crippen molar-refractivity contribution >= 4 is 31.9 Å². The van der Waals surface area contributed by atoms with Crippen molar-refractivity contribution < 1.29 is 0 Å². The molecule has 0 fully saturated rings. The molecule has 1 aromatic heterocycles. The van der Waals surface area contributed by atoms with E-state index in [1.54, 1.807) is 18.6 Å². The highest BCUT2D eigenvalue weighted by molar-refractivity contribution is 9.11. The van der Waals surface area contributed by atoms with Gasteiger partial charge >= 0.3 is 0 Å². The second-order valence-corrected chi connectivity index (χ2v) is 5.04. The summed E-state index contributed by atoms with van der Waals surface area (Å²) in [6, 6.07) is 5.61. The van der Waals surface area contributed by atoms with Gasteiger partial charge in [-0.25, -0.2) is 0 Å². The van der Waals surface area contributed by atoms with Crippen molar-refractivity contribution in [1.29, 1.82) is 0 Å². The first kappa shape index (κ1) is 11.7. The normalized spacial score (nSPS) is 12.4. The molecule has 0 aliphatic rings. The molecule has 0 spiro atoms. The maximum Gasteiger partial charge on any atom is 0.0799 e. The SMILES string of the molecule is NC(c1cnccn1)c1cc(Br)ccc1Br. The maximum atomic E-state index is 6.13. The van der Waals surface area contributed by atoms with Gasteiger partial charge in [-0.05, 0) is 23.8 Å². The van der Waals surface area contributed by atoms with E-state index in [9.17, 15) is 0 Å². The Kier molecular flexibility index (Phi) is 3.68. The zero-order valence-corrected chi connectivity index (χ0v) is 11.4. The van der Waals surface area contributed by atoms with E-state index in [0.717, 1.165) is 20.2 Å². The van der Waals surface area contributed by atoms with Crippen LogP contribution < -0.4 is 5.73 Å². The Labute approximate surface area is 110 Å². The smallest absolute Gasteiger partial charge is 0.0799 e. The van der Waals surface area contributed by atoms with E-state index in [0.29, 0.717) is 0 Å². The fourth-order valence-electron chi connectivity index (χ4n) is 1.38. The van der Waals surface area contributed by atoms with Crippen LogP contribution in [0.5, 0.6) is 0 Å². The molecule has 16 heavy (non-hydrogen) atoms. The second-order valence-electron chi connectivity index (χ2n) is 3.27. The summed E-state index contributed by atoms with van der Waals surface area (Å²) >= 11 is 6.90. The van der Waals surface area contributed by atoms with Crippen molar-refractivity contribution in [3.05, 3.63) is 57.0 Å². The fraction of sp³-hybridized carbons (Fsp3) is 0.0909. The molecule has 82 valence electrons. The van der Waals surface area contributed by atoms with E-state index < -0.39 is 0 Å². The van der Waals surface area contributed by atoms with Crippen LogP contribution in [0.1, 0.15) is 17.3 Å². The molecule has 0 saturated carbocycles. The topological polar surface area (TPSA) is 51.8 Å². The number of nitrogens with zero attached hydrogens (tertiary/aromatic N) is 2. The van der Waals surface area contributed by atoms with E-state index in [2.05, 4.69) is 41.8 Å². The molecular weight excluding hydrogens is 334 g/mol. The van der Waals surface area contributed by atoms with E-state index in [-0.39, 0.29) is 6.04 Å². The lowest BCUT2D eigenvalue weighted by molar-refractivity contribution is 0.813. The Morgan fingerprint density at radius 1 is 1.19 bits per heavy atom. The molecule has 1 heterocycles. The third kappa shape index (κ3) is 2.48. The molecule has 0 amide bonds. The van der Waals surface area contributed by atoms with Crippen molar-refractivity contribution in [3.63, 3.8) is 0 Å². The third-order valence-corrected chi connectivity index (χ3v) is 3.41. The van der Waals surface area contributed by atoms with Crippen LogP contribution in [-0.2, 0) is 0 Å². The maximum absolute atomic E-state index is 6.13. The van der Waals surface area contributed by atoms with Gasteiger partial charge in [0.2, 0.25) is 0 Å². The number of benzene rings is 1. The number of hydrogen-bond acceptors (Lipinski definition) is 3. The minimum Gasteiger partial charge on any atom is -0.319 e. The highest BCUT2D eigenvalue weighted by Gasteiger charge is 2.13. The molecule has 2 aromatic rings. The summed E-state index contributed by atoms with van der Waals surface area (Å²) < 4.78 is 1.96. The lowest BCUT2D eigenvalue weighted by Gasteiger charge is -2.13. The summed E-state index contributed by atoms with van der Waals surface area (Å²) in [6.45, 7) is 0. The van der Waals surface area contributed by atoms with Crippen molar-refractivity contribution in [2.75, 3.05) is 0 Å². The van der Waals surface area contributed by atoms with Gasteiger partial charge in [0.1, 0.15) is 0 Å². The highest BCUT2D eigenvalue weighted by atomic mass is 79.9. The Morgan fingerprint density at radius 3 is 2.69 bits per heavy atom. The lowest BCUT2D eigenvalue weighted by atomic mass is 10.1. The van der Waals surface area contributed by atoms with Gasteiger partial charge in [0, 0.05) is 21.3 Å². The quantitative estimate of drug-likeness (QED) is 0.912. The van der Waals surface area contributed by atoms with Crippen molar-refractivity contribution in [1.82, 2.24) is 9.97 Å². The summed E-state index contributed by atoms with van der Waals surface area (Å²) in [7, 11) is 0. The standard InChI is InChI=1S/C11H9Br2N3/c12-7-1-2-9(13)8(5-7)11(14)10-6-15-3-4-16-10/h1-6,11H,14H2. The molecule has 0 radical (unpaired) electrons. The van der Waals surface area contributed by atoms with Gasteiger partial charge in [0.25, 0.3) is 0 Å². The monoisotopic (exact) mass is 341 g/mol. The van der Waals surface area contributed by atoms with E-state index >= 15 is 0 Å². The van der Waals surface area contributed by atoms with Crippen LogP contribution >= 0.6 is 31.9 Å². The minimum atomic E-state index is -0.277. The van der Waals surface area contributed by atoms with Crippen molar-refractivity contribution in [2.45, 2.75) is 6.04 Å². The first-order valence-electron chi connectivity index (χ1n) is 4.65. The van der Waals surface area contributed by atoms with Gasteiger partial charge in [-0.1, -0.05) is 31.9 Å². The summed E-state index contributed by atoms with van der Waals surface area (Å²) in [5, 5.41) is 0. The number of aromatic nitrogens is 2. The van der Waals surface area contributed by atoms with Crippen LogP contribution in [0.2, 0.25) is 0 Å². The third-order valence-electron chi connectivity index (χ3n) is 2.19. The molecule has 0 aliphatic carbocycles. The number of nitrogens with two attached hydrogens (primary N) is 1. The van der Waals surface area contributed by atoms with Gasteiger partial charge in [0.05, 0.1) is 17.9 Å². The zero-order valence-electron chi connectivity index (χ0n) is 8.27. The molecule has 0 saturated heterocycles. The molecule has 0 aliphatic heterocycles. The van der Waals surface area contributed by atoms with E-state index in [1.807, 2.05) is 18.2 Å². The predicted octanol–water partition coefficient (Wildman–Crippen LogP) is 3.05. The second kappa shape index (κ2) is 5.03. The van der Waals surface area contributed by atoms with Gasteiger partial charge in [-0.2, -0.15) is 0 Å². The van der Waals surface area contributed by atoms with Crippen LogP contribution in [-0.4, -0.2) is 9.97 Å². The number of halogens is 2. The van der Waals surface area contributed by atoms with E-state index in [1.165, 1.54) is 0 Å². The fourth-order valence-corrected chi connectivity index (χ4v) is 2.26. The largest absolute Gasteiger partial charge is 0.319 e. The van der Waals surface area contributed by atoms with Gasteiger partial charge in [-0.15, -0.1) is 0 Å². The van der Waals surface area contributed by atoms with Crippen LogP contribution in [0, 0.1) is 0 Å². The van der Waals surface area contributed by atoms with Crippen molar-refractivity contribution in [3.8, 4) is 0 Å².